The lowest BCUT2D eigenvalue weighted by molar-refractivity contribution is -0.124. The van der Waals surface area contributed by atoms with Crippen LogP contribution in [0.1, 0.15) is 25.7 Å². The normalized spacial score (nSPS) is 24.5. The van der Waals surface area contributed by atoms with Gasteiger partial charge in [0.1, 0.15) is 10.9 Å². The minimum absolute atomic E-state index is 0.110. The molecule has 0 spiro atoms. The van der Waals surface area contributed by atoms with Gasteiger partial charge >= 0.3 is 0 Å². The van der Waals surface area contributed by atoms with Gasteiger partial charge in [-0.05, 0) is 25.7 Å². The van der Waals surface area contributed by atoms with Crippen LogP contribution in [-0.2, 0) is 14.8 Å². The van der Waals surface area contributed by atoms with E-state index < -0.39 is 16.1 Å². The molecule has 1 aromatic rings. The van der Waals surface area contributed by atoms with Crippen molar-refractivity contribution >= 4 is 15.9 Å². The van der Waals surface area contributed by atoms with Gasteiger partial charge in [-0.3, -0.25) is 9.89 Å². The van der Waals surface area contributed by atoms with Crippen LogP contribution in [0.3, 0.4) is 0 Å². The average molecular weight is 284 g/mol. The molecule has 1 saturated heterocycles. The SMILES string of the molecule is O=C(NC1CC1)C1CCCN1S(=O)(=O)c1cn[nH]c1. The van der Waals surface area contributed by atoms with Crippen LogP contribution < -0.4 is 5.32 Å². The molecule has 8 heteroatoms. The lowest BCUT2D eigenvalue weighted by Gasteiger charge is -2.22. The molecular weight excluding hydrogens is 268 g/mol. The maximum absolute atomic E-state index is 12.4. The summed E-state index contributed by atoms with van der Waals surface area (Å²) < 4.78 is 26.1. The highest BCUT2D eigenvalue weighted by atomic mass is 32.2. The Hall–Kier alpha value is -1.41. The molecule has 1 aromatic heterocycles. The first-order valence-corrected chi connectivity index (χ1v) is 7.84. The summed E-state index contributed by atoms with van der Waals surface area (Å²) in [5.41, 5.74) is 0. The number of sulfonamides is 1. The van der Waals surface area contributed by atoms with Crippen molar-refractivity contribution in [3.05, 3.63) is 12.4 Å². The Labute approximate surface area is 111 Å². The van der Waals surface area contributed by atoms with E-state index in [-0.39, 0.29) is 16.8 Å². The van der Waals surface area contributed by atoms with Gasteiger partial charge in [0.15, 0.2) is 0 Å². The fourth-order valence-electron chi connectivity index (χ4n) is 2.33. The van der Waals surface area contributed by atoms with E-state index >= 15 is 0 Å². The van der Waals surface area contributed by atoms with Crippen molar-refractivity contribution in [1.29, 1.82) is 0 Å². The van der Waals surface area contributed by atoms with Gasteiger partial charge in [0.05, 0.1) is 6.20 Å². The van der Waals surface area contributed by atoms with E-state index in [1.165, 1.54) is 16.7 Å². The second-order valence-electron chi connectivity index (χ2n) is 4.99. The van der Waals surface area contributed by atoms with E-state index in [0.717, 1.165) is 12.8 Å². The van der Waals surface area contributed by atoms with Crippen molar-refractivity contribution in [1.82, 2.24) is 19.8 Å². The van der Waals surface area contributed by atoms with Crippen molar-refractivity contribution in [2.75, 3.05) is 6.54 Å². The Morgan fingerprint density at radius 3 is 2.84 bits per heavy atom. The lowest BCUT2D eigenvalue weighted by Crippen LogP contribution is -2.46. The van der Waals surface area contributed by atoms with Crippen LogP contribution in [0.4, 0.5) is 0 Å². The van der Waals surface area contributed by atoms with E-state index in [1.54, 1.807) is 0 Å². The van der Waals surface area contributed by atoms with E-state index in [1.807, 2.05) is 0 Å². The van der Waals surface area contributed by atoms with Crippen LogP contribution in [-0.4, -0.2) is 47.5 Å². The van der Waals surface area contributed by atoms with Crippen LogP contribution in [0, 0.1) is 0 Å². The van der Waals surface area contributed by atoms with Crippen molar-refractivity contribution in [3.63, 3.8) is 0 Å². The summed E-state index contributed by atoms with van der Waals surface area (Å²) in [5.74, 6) is -0.174. The van der Waals surface area contributed by atoms with E-state index in [2.05, 4.69) is 15.5 Å². The Balaban J connectivity index is 1.80. The minimum Gasteiger partial charge on any atom is -0.352 e. The maximum atomic E-state index is 12.4. The van der Waals surface area contributed by atoms with Gasteiger partial charge in [-0.1, -0.05) is 0 Å². The zero-order valence-corrected chi connectivity index (χ0v) is 11.2. The number of carbonyl (C=O) groups excluding carboxylic acids is 1. The third-order valence-corrected chi connectivity index (χ3v) is 5.38. The number of nitrogens with zero attached hydrogens (tertiary/aromatic N) is 2. The topological polar surface area (TPSA) is 95.2 Å². The van der Waals surface area contributed by atoms with Crippen molar-refractivity contribution in [3.8, 4) is 0 Å². The minimum atomic E-state index is -3.63. The molecular formula is C11H16N4O3S. The first-order chi connectivity index (χ1) is 9.09. The summed E-state index contributed by atoms with van der Waals surface area (Å²) in [7, 11) is -3.63. The number of carbonyl (C=O) groups is 1. The molecule has 19 heavy (non-hydrogen) atoms. The number of nitrogens with one attached hydrogen (secondary N) is 2. The molecule has 1 aliphatic heterocycles. The Morgan fingerprint density at radius 2 is 2.21 bits per heavy atom. The Kier molecular flexibility index (Phi) is 3.06. The van der Waals surface area contributed by atoms with E-state index in [9.17, 15) is 13.2 Å². The molecule has 7 nitrogen and oxygen atoms in total. The van der Waals surface area contributed by atoms with Crippen LogP contribution >= 0.6 is 0 Å². The number of amides is 1. The number of aromatic amines is 1. The summed E-state index contributed by atoms with van der Waals surface area (Å²) in [6.07, 6.45) is 5.88. The third-order valence-electron chi connectivity index (χ3n) is 3.51. The zero-order chi connectivity index (χ0) is 13.5. The third kappa shape index (κ3) is 2.37. The molecule has 2 heterocycles. The first-order valence-electron chi connectivity index (χ1n) is 6.40. The van der Waals surface area contributed by atoms with Gasteiger partial charge in [0, 0.05) is 18.8 Å². The molecule has 3 rings (SSSR count). The van der Waals surface area contributed by atoms with Crippen LogP contribution in [0.2, 0.25) is 0 Å². The van der Waals surface area contributed by atoms with Crippen molar-refractivity contribution in [2.24, 2.45) is 0 Å². The molecule has 0 aromatic carbocycles. The van der Waals surface area contributed by atoms with Gasteiger partial charge in [0.2, 0.25) is 15.9 Å². The maximum Gasteiger partial charge on any atom is 0.246 e. The largest absolute Gasteiger partial charge is 0.352 e. The second kappa shape index (κ2) is 4.61. The quantitative estimate of drug-likeness (QED) is 0.803. The zero-order valence-electron chi connectivity index (χ0n) is 10.4. The predicted octanol–water partition coefficient (Wildman–Crippen LogP) is -0.159. The fourth-order valence-corrected chi connectivity index (χ4v) is 3.89. The Morgan fingerprint density at radius 1 is 1.42 bits per heavy atom. The summed E-state index contributed by atoms with van der Waals surface area (Å²) in [6, 6.07) is -0.341. The molecule has 2 N–H and O–H groups in total. The summed E-state index contributed by atoms with van der Waals surface area (Å²) in [5, 5.41) is 9.02. The molecule has 0 radical (unpaired) electrons. The first kappa shape index (κ1) is 12.6. The monoisotopic (exact) mass is 284 g/mol. The van der Waals surface area contributed by atoms with Gasteiger partial charge in [0.25, 0.3) is 0 Å². The average Bonchev–Trinajstić information content (AvgIpc) is 2.92. The smallest absolute Gasteiger partial charge is 0.246 e. The van der Waals surface area contributed by atoms with Crippen LogP contribution in [0.15, 0.2) is 17.3 Å². The van der Waals surface area contributed by atoms with Gasteiger partial charge in [-0.2, -0.15) is 9.40 Å². The van der Waals surface area contributed by atoms with Gasteiger partial charge < -0.3 is 5.32 Å². The number of rotatable bonds is 4. The van der Waals surface area contributed by atoms with Crippen LogP contribution in [0.25, 0.3) is 0 Å². The van der Waals surface area contributed by atoms with E-state index in [4.69, 9.17) is 0 Å². The highest BCUT2D eigenvalue weighted by Gasteiger charge is 2.41. The van der Waals surface area contributed by atoms with Gasteiger partial charge in [-0.15, -0.1) is 0 Å². The fraction of sp³-hybridized carbons (Fsp3) is 0.636. The molecule has 104 valence electrons. The number of aromatic nitrogens is 2. The molecule has 2 fully saturated rings. The standard InChI is InChI=1S/C11H16N4O3S/c16-11(14-8-3-4-8)10-2-1-5-15(10)19(17,18)9-6-12-13-7-9/h6-8,10H,1-5H2,(H,12,13)(H,14,16). The molecule has 1 saturated carbocycles. The molecule has 2 aliphatic rings. The molecule has 1 amide bonds. The Bertz CT molecular complexity index is 565. The van der Waals surface area contributed by atoms with E-state index in [0.29, 0.717) is 19.4 Å². The second-order valence-corrected chi connectivity index (χ2v) is 6.88. The molecule has 1 atom stereocenters. The molecule has 1 aliphatic carbocycles. The number of H-pyrrole nitrogens is 1. The highest BCUT2D eigenvalue weighted by Crippen LogP contribution is 2.27. The summed E-state index contributed by atoms with van der Waals surface area (Å²) >= 11 is 0. The molecule has 0 bridgehead atoms. The summed E-state index contributed by atoms with van der Waals surface area (Å²) in [4.78, 5) is 12.2. The lowest BCUT2D eigenvalue weighted by atomic mass is 10.2. The molecule has 1 unspecified atom stereocenters. The van der Waals surface area contributed by atoms with Crippen molar-refractivity contribution < 1.29 is 13.2 Å². The number of hydrogen-bond donors (Lipinski definition) is 2. The van der Waals surface area contributed by atoms with Gasteiger partial charge in [-0.25, -0.2) is 8.42 Å². The highest BCUT2D eigenvalue weighted by molar-refractivity contribution is 7.89. The van der Waals surface area contributed by atoms with Crippen molar-refractivity contribution in [2.45, 2.75) is 42.7 Å². The number of hydrogen-bond acceptors (Lipinski definition) is 4. The summed E-state index contributed by atoms with van der Waals surface area (Å²) in [6.45, 7) is 0.385. The van der Waals surface area contributed by atoms with Crippen LogP contribution in [0.5, 0.6) is 0 Å². The predicted molar refractivity (Wildman–Crippen MR) is 66.7 cm³/mol.